The molecule has 3 aromatic rings. The van der Waals surface area contributed by atoms with Crippen molar-refractivity contribution in [1.29, 1.82) is 0 Å². The summed E-state index contributed by atoms with van der Waals surface area (Å²) in [4.78, 5) is 47.9. The number of likely N-dealkylation sites (tertiary alicyclic amines) is 2. The molecule has 0 unspecified atom stereocenters. The van der Waals surface area contributed by atoms with Crippen molar-refractivity contribution in [3.63, 3.8) is 0 Å². The molecule has 4 heterocycles. The van der Waals surface area contributed by atoms with E-state index in [9.17, 15) is 14.4 Å². The van der Waals surface area contributed by atoms with Crippen molar-refractivity contribution in [3.8, 4) is 16.9 Å². The molecule has 1 spiro atoms. The first-order valence-electron chi connectivity index (χ1n) is 18.0. The van der Waals surface area contributed by atoms with Crippen LogP contribution in [0.4, 0.5) is 10.5 Å². The lowest BCUT2D eigenvalue weighted by Crippen LogP contribution is -2.75. The standard InChI is InChI=1S/C39H50N6O5/c1-37(2,3)50-36(48)44-25-39(26-44)23-43(24-39)35(47)38(4,5)49-33-10-6-9-32(18-33)42-17-7-8-29(22-42)34(46)45(31-15-16-31)21-27-11-13-28(14-12-27)30-19-40-41-20-30/h6,9-14,18-20,29,31H,7-8,15-17,21-26H2,1-5H3,(H,40,41)/t29-/m1/s1. The second-order valence-electron chi connectivity index (χ2n) is 16.3. The third kappa shape index (κ3) is 7.32. The number of nitrogens with zero attached hydrogens (tertiary/aromatic N) is 5. The summed E-state index contributed by atoms with van der Waals surface area (Å²) in [7, 11) is 0. The van der Waals surface area contributed by atoms with Crippen LogP contribution in [0.5, 0.6) is 5.75 Å². The molecule has 1 aliphatic carbocycles. The number of hydrogen-bond acceptors (Lipinski definition) is 7. The molecular formula is C39H50N6O5. The monoisotopic (exact) mass is 682 g/mol. The summed E-state index contributed by atoms with van der Waals surface area (Å²) in [5, 5.41) is 6.91. The molecule has 2 aromatic carbocycles. The van der Waals surface area contributed by atoms with Gasteiger partial charge >= 0.3 is 6.09 Å². The van der Waals surface area contributed by atoms with Crippen LogP contribution in [0.3, 0.4) is 0 Å². The van der Waals surface area contributed by atoms with Crippen molar-refractivity contribution in [2.75, 3.05) is 44.2 Å². The summed E-state index contributed by atoms with van der Waals surface area (Å²) >= 11 is 0. The molecule has 0 bridgehead atoms. The van der Waals surface area contributed by atoms with Crippen molar-refractivity contribution < 1.29 is 23.9 Å². The summed E-state index contributed by atoms with van der Waals surface area (Å²) in [5.41, 5.74) is 2.64. The van der Waals surface area contributed by atoms with Crippen molar-refractivity contribution in [3.05, 3.63) is 66.5 Å². The number of aromatic nitrogens is 2. The molecule has 3 amide bonds. The predicted octanol–water partition coefficient (Wildman–Crippen LogP) is 5.72. The van der Waals surface area contributed by atoms with Crippen LogP contribution in [0.15, 0.2) is 60.9 Å². The van der Waals surface area contributed by atoms with E-state index in [-0.39, 0.29) is 29.2 Å². The first-order valence-corrected chi connectivity index (χ1v) is 18.0. The number of hydrogen-bond donors (Lipinski definition) is 1. The number of benzene rings is 2. The van der Waals surface area contributed by atoms with Crippen molar-refractivity contribution in [2.45, 2.75) is 84.1 Å². The van der Waals surface area contributed by atoms with E-state index in [4.69, 9.17) is 9.47 Å². The molecule has 0 radical (unpaired) electrons. The van der Waals surface area contributed by atoms with Crippen molar-refractivity contribution >= 4 is 23.6 Å². The molecule has 3 aliphatic heterocycles. The molecule has 11 heteroatoms. The molecule has 7 rings (SSSR count). The van der Waals surface area contributed by atoms with Gasteiger partial charge in [-0.15, -0.1) is 0 Å². The highest BCUT2D eigenvalue weighted by molar-refractivity contribution is 5.86. The second-order valence-corrected chi connectivity index (χ2v) is 16.3. The molecule has 4 aliphatic rings. The molecule has 1 N–H and O–H groups in total. The van der Waals surface area contributed by atoms with Gasteiger partial charge in [0, 0.05) is 80.8 Å². The lowest BCUT2D eigenvalue weighted by molar-refractivity contribution is -0.169. The zero-order valence-corrected chi connectivity index (χ0v) is 30.0. The molecule has 4 fully saturated rings. The van der Waals surface area contributed by atoms with E-state index in [0.29, 0.717) is 51.1 Å². The highest BCUT2D eigenvalue weighted by Gasteiger charge is 2.57. The van der Waals surface area contributed by atoms with Gasteiger partial charge in [0.2, 0.25) is 5.91 Å². The van der Waals surface area contributed by atoms with Crippen LogP contribution in [0.2, 0.25) is 0 Å². The Bertz CT molecular complexity index is 1700. The SMILES string of the molecule is CC(C)(C)OC(=O)N1CC2(C1)CN(C(=O)C(C)(C)Oc1cccc(N3CCC[C@@H](C(=O)N(Cc4ccc(-c5cn[nH]c5)cc4)C4CC4)C3)c1)C2. The Morgan fingerprint density at radius 1 is 0.940 bits per heavy atom. The molecule has 266 valence electrons. The Morgan fingerprint density at radius 3 is 2.32 bits per heavy atom. The fraction of sp³-hybridized carbons (Fsp3) is 0.538. The number of rotatable bonds is 9. The first-order chi connectivity index (χ1) is 23.8. The van der Waals surface area contributed by atoms with Gasteiger partial charge in [0.15, 0.2) is 5.60 Å². The topological polar surface area (TPSA) is 111 Å². The van der Waals surface area contributed by atoms with E-state index in [1.807, 2.05) is 70.1 Å². The first kappa shape index (κ1) is 33.9. The lowest BCUT2D eigenvalue weighted by atomic mass is 9.72. The van der Waals surface area contributed by atoms with Gasteiger partial charge in [0.1, 0.15) is 11.4 Å². The maximum atomic E-state index is 14.0. The van der Waals surface area contributed by atoms with E-state index in [2.05, 4.69) is 50.3 Å². The third-order valence-corrected chi connectivity index (χ3v) is 10.3. The Balaban J connectivity index is 0.934. The summed E-state index contributed by atoms with van der Waals surface area (Å²) in [6.45, 7) is 13.8. The summed E-state index contributed by atoms with van der Waals surface area (Å²) in [5.74, 6) is 0.726. The number of carbonyl (C=O) groups excluding carboxylic acids is 3. The Hall–Kier alpha value is -4.54. The zero-order valence-electron chi connectivity index (χ0n) is 30.0. The average Bonchev–Trinajstić information content (AvgIpc) is 3.73. The maximum Gasteiger partial charge on any atom is 0.410 e. The van der Waals surface area contributed by atoms with E-state index in [0.717, 1.165) is 54.6 Å². The van der Waals surface area contributed by atoms with Crippen LogP contribution in [0.1, 0.15) is 65.9 Å². The minimum atomic E-state index is -1.06. The van der Waals surface area contributed by atoms with Crippen molar-refractivity contribution in [2.24, 2.45) is 11.3 Å². The van der Waals surface area contributed by atoms with Crippen LogP contribution >= 0.6 is 0 Å². The molecule has 3 saturated heterocycles. The van der Waals surface area contributed by atoms with E-state index >= 15 is 0 Å². The minimum Gasteiger partial charge on any atom is -0.478 e. The number of ether oxygens (including phenoxy) is 2. The van der Waals surface area contributed by atoms with Gasteiger partial charge in [-0.2, -0.15) is 5.10 Å². The largest absolute Gasteiger partial charge is 0.478 e. The van der Waals surface area contributed by atoms with Crippen LogP contribution in [-0.4, -0.2) is 99.3 Å². The van der Waals surface area contributed by atoms with Crippen LogP contribution in [0.25, 0.3) is 11.1 Å². The van der Waals surface area contributed by atoms with Gasteiger partial charge in [-0.25, -0.2) is 4.79 Å². The molecule has 1 atom stereocenters. The number of aromatic amines is 1. The van der Waals surface area contributed by atoms with Gasteiger partial charge < -0.3 is 29.1 Å². The van der Waals surface area contributed by atoms with Gasteiger partial charge in [0.25, 0.3) is 5.91 Å². The smallest absolute Gasteiger partial charge is 0.410 e. The number of H-pyrrole nitrogens is 1. The molecular weight excluding hydrogens is 632 g/mol. The van der Waals surface area contributed by atoms with Gasteiger partial charge in [0.05, 0.1) is 12.1 Å². The number of anilines is 1. The third-order valence-electron chi connectivity index (χ3n) is 10.3. The fourth-order valence-electron chi connectivity index (χ4n) is 7.62. The van der Waals surface area contributed by atoms with Gasteiger partial charge in [-0.1, -0.05) is 30.3 Å². The molecule has 50 heavy (non-hydrogen) atoms. The lowest BCUT2D eigenvalue weighted by Gasteiger charge is -2.60. The van der Waals surface area contributed by atoms with Crippen LogP contribution < -0.4 is 9.64 Å². The quantitative estimate of drug-likeness (QED) is 0.307. The number of piperidine rings is 1. The second kappa shape index (κ2) is 13.0. The van der Waals surface area contributed by atoms with Crippen molar-refractivity contribution in [1.82, 2.24) is 24.9 Å². The van der Waals surface area contributed by atoms with E-state index in [1.54, 1.807) is 4.90 Å². The van der Waals surface area contributed by atoms with Gasteiger partial charge in [-0.3, -0.25) is 14.7 Å². The Morgan fingerprint density at radius 2 is 1.66 bits per heavy atom. The Kier molecular flexibility index (Phi) is 8.80. The summed E-state index contributed by atoms with van der Waals surface area (Å²) < 4.78 is 11.8. The van der Waals surface area contributed by atoms with Crippen LogP contribution in [0, 0.1) is 11.3 Å². The number of carbonyl (C=O) groups is 3. The fourth-order valence-corrected chi connectivity index (χ4v) is 7.62. The minimum absolute atomic E-state index is 0.0504. The number of amides is 3. The average molecular weight is 683 g/mol. The van der Waals surface area contributed by atoms with Gasteiger partial charge in [-0.05, 0) is 83.6 Å². The summed E-state index contributed by atoms with van der Waals surface area (Å²) in [6, 6.07) is 16.6. The molecule has 1 aromatic heterocycles. The number of nitrogens with one attached hydrogen (secondary N) is 1. The maximum absolute atomic E-state index is 14.0. The predicted molar refractivity (Wildman–Crippen MR) is 191 cm³/mol. The molecule has 1 saturated carbocycles. The normalized spacial score (nSPS) is 20.2. The highest BCUT2D eigenvalue weighted by Crippen LogP contribution is 2.42. The van der Waals surface area contributed by atoms with Crippen LogP contribution in [-0.2, 0) is 20.9 Å². The Labute approximate surface area is 294 Å². The molecule has 11 nitrogen and oxygen atoms in total. The van der Waals surface area contributed by atoms with E-state index < -0.39 is 11.2 Å². The van der Waals surface area contributed by atoms with E-state index in [1.165, 1.54) is 0 Å². The summed E-state index contributed by atoms with van der Waals surface area (Å²) in [6.07, 6.45) is 7.33. The highest BCUT2D eigenvalue weighted by atomic mass is 16.6. The zero-order chi connectivity index (χ0) is 35.3.